The maximum absolute atomic E-state index is 5.62. The molecule has 2 N–H and O–H groups in total. The minimum atomic E-state index is 0.295. The Morgan fingerprint density at radius 2 is 2.00 bits per heavy atom. The second-order valence-corrected chi connectivity index (χ2v) is 4.44. The zero-order valence-corrected chi connectivity index (χ0v) is 11.3. The molecule has 2 heterocycles. The molecule has 2 aromatic rings. The molecule has 19 heavy (non-hydrogen) atoms. The van der Waals surface area contributed by atoms with Crippen molar-refractivity contribution in [2.45, 2.75) is 13.0 Å². The minimum Gasteiger partial charge on any atom is -0.388 e. The van der Waals surface area contributed by atoms with E-state index in [1.54, 1.807) is 12.4 Å². The summed E-state index contributed by atoms with van der Waals surface area (Å²) in [5, 5.41) is 0. The monoisotopic (exact) mass is 273 g/mol. The van der Waals surface area contributed by atoms with Crippen LogP contribution in [0.2, 0.25) is 0 Å². The van der Waals surface area contributed by atoms with Crippen molar-refractivity contribution in [3.05, 3.63) is 59.7 Å². The molecule has 0 fully saturated rings. The molecular formula is C14H15N3OS. The maximum Gasteiger partial charge on any atom is 0.123 e. The van der Waals surface area contributed by atoms with Gasteiger partial charge >= 0.3 is 0 Å². The van der Waals surface area contributed by atoms with E-state index in [-0.39, 0.29) is 0 Å². The highest BCUT2D eigenvalue weighted by atomic mass is 32.1. The molecule has 0 aliphatic carbocycles. The Labute approximate surface area is 117 Å². The molecule has 0 aromatic carbocycles. The molecule has 4 nitrogen and oxygen atoms in total. The van der Waals surface area contributed by atoms with Crippen LogP contribution in [0.5, 0.6) is 0 Å². The summed E-state index contributed by atoms with van der Waals surface area (Å²) in [6.07, 6.45) is 4.23. The predicted molar refractivity (Wildman–Crippen MR) is 77.7 cm³/mol. The fourth-order valence-corrected chi connectivity index (χ4v) is 1.87. The van der Waals surface area contributed by atoms with Gasteiger partial charge in [0.1, 0.15) is 10.7 Å². The van der Waals surface area contributed by atoms with Gasteiger partial charge in [-0.25, -0.2) is 0 Å². The van der Waals surface area contributed by atoms with E-state index < -0.39 is 0 Å². The van der Waals surface area contributed by atoms with Crippen molar-refractivity contribution >= 4 is 17.2 Å². The van der Waals surface area contributed by atoms with Crippen molar-refractivity contribution in [2.24, 2.45) is 5.73 Å². The molecule has 0 saturated carbocycles. The van der Waals surface area contributed by atoms with Crippen molar-refractivity contribution in [3.8, 4) is 0 Å². The smallest absolute Gasteiger partial charge is 0.123 e. The number of aromatic nitrogens is 2. The summed E-state index contributed by atoms with van der Waals surface area (Å²) >= 11 is 4.95. The largest absolute Gasteiger partial charge is 0.388 e. The van der Waals surface area contributed by atoms with Crippen molar-refractivity contribution in [2.75, 3.05) is 6.61 Å². The van der Waals surface area contributed by atoms with Crippen molar-refractivity contribution < 1.29 is 4.74 Å². The van der Waals surface area contributed by atoms with Gasteiger partial charge in [0, 0.05) is 30.1 Å². The SMILES string of the molecule is NC(=S)c1ncccc1COCCc1ccccn1. The number of pyridine rings is 2. The van der Waals surface area contributed by atoms with E-state index in [9.17, 15) is 0 Å². The summed E-state index contributed by atoms with van der Waals surface area (Å²) in [4.78, 5) is 8.69. The number of ether oxygens (including phenoxy) is 1. The zero-order valence-electron chi connectivity index (χ0n) is 10.5. The lowest BCUT2D eigenvalue weighted by Gasteiger charge is -2.07. The normalized spacial score (nSPS) is 10.3. The molecule has 0 bridgehead atoms. The van der Waals surface area contributed by atoms with Crippen LogP contribution in [-0.4, -0.2) is 21.6 Å². The van der Waals surface area contributed by atoms with Crippen LogP contribution in [0, 0.1) is 0 Å². The Balaban J connectivity index is 1.85. The molecule has 98 valence electrons. The molecular weight excluding hydrogens is 258 g/mol. The van der Waals surface area contributed by atoms with E-state index in [1.807, 2.05) is 30.3 Å². The van der Waals surface area contributed by atoms with E-state index in [0.717, 1.165) is 17.7 Å². The number of nitrogens with two attached hydrogens (primary N) is 1. The zero-order chi connectivity index (χ0) is 13.5. The number of nitrogens with zero attached hydrogens (tertiary/aromatic N) is 2. The lowest BCUT2D eigenvalue weighted by atomic mass is 10.2. The highest BCUT2D eigenvalue weighted by Gasteiger charge is 2.05. The third-order valence-corrected chi connectivity index (χ3v) is 2.80. The molecule has 0 saturated heterocycles. The minimum absolute atomic E-state index is 0.295. The first-order valence-electron chi connectivity index (χ1n) is 5.98. The first kappa shape index (κ1) is 13.6. The second-order valence-electron chi connectivity index (χ2n) is 4.00. The van der Waals surface area contributed by atoms with Gasteiger partial charge in [0.05, 0.1) is 13.2 Å². The van der Waals surface area contributed by atoms with Crippen LogP contribution >= 0.6 is 12.2 Å². The first-order valence-corrected chi connectivity index (χ1v) is 6.39. The standard InChI is InChI=1S/C14H15N3OS/c15-14(19)13-11(4-3-8-17-13)10-18-9-6-12-5-1-2-7-16-12/h1-5,7-8H,6,9-10H2,(H2,15,19). The number of rotatable bonds is 6. The van der Waals surface area contributed by atoms with Gasteiger partial charge in [-0.05, 0) is 18.2 Å². The van der Waals surface area contributed by atoms with Gasteiger partial charge < -0.3 is 10.5 Å². The van der Waals surface area contributed by atoms with Crippen molar-refractivity contribution in [1.82, 2.24) is 9.97 Å². The van der Waals surface area contributed by atoms with Gasteiger partial charge in [0.2, 0.25) is 0 Å². The average Bonchev–Trinajstić information content (AvgIpc) is 2.45. The topological polar surface area (TPSA) is 61.0 Å². The highest BCUT2D eigenvalue weighted by molar-refractivity contribution is 7.80. The van der Waals surface area contributed by atoms with E-state index in [2.05, 4.69) is 9.97 Å². The highest BCUT2D eigenvalue weighted by Crippen LogP contribution is 2.07. The van der Waals surface area contributed by atoms with Gasteiger partial charge in [0.25, 0.3) is 0 Å². The molecule has 5 heteroatoms. The second kappa shape index (κ2) is 6.92. The Morgan fingerprint density at radius 1 is 1.16 bits per heavy atom. The third-order valence-electron chi connectivity index (χ3n) is 2.61. The van der Waals surface area contributed by atoms with Crippen LogP contribution in [-0.2, 0) is 17.8 Å². The van der Waals surface area contributed by atoms with Crippen LogP contribution in [0.15, 0.2) is 42.7 Å². The Bertz CT molecular complexity index is 545. The molecule has 0 aliphatic rings. The molecule has 0 unspecified atom stereocenters. The van der Waals surface area contributed by atoms with E-state index in [4.69, 9.17) is 22.7 Å². The molecule has 0 radical (unpaired) electrons. The average molecular weight is 273 g/mol. The fraction of sp³-hybridized carbons (Fsp3) is 0.214. The third kappa shape index (κ3) is 4.08. The number of thiocarbonyl (C=S) groups is 1. The predicted octanol–water partition coefficient (Wildman–Crippen LogP) is 1.87. The Kier molecular flexibility index (Phi) is 4.94. The number of hydrogen-bond acceptors (Lipinski definition) is 4. The van der Waals surface area contributed by atoms with Gasteiger partial charge in [-0.1, -0.05) is 24.4 Å². The summed E-state index contributed by atoms with van der Waals surface area (Å²) in [6, 6.07) is 9.61. The van der Waals surface area contributed by atoms with Gasteiger partial charge in [-0.15, -0.1) is 0 Å². The summed E-state index contributed by atoms with van der Waals surface area (Å²) in [5.74, 6) is 0. The fourth-order valence-electron chi connectivity index (χ4n) is 1.68. The summed E-state index contributed by atoms with van der Waals surface area (Å²) in [7, 11) is 0. The van der Waals surface area contributed by atoms with Crippen LogP contribution < -0.4 is 5.73 Å². The van der Waals surface area contributed by atoms with Crippen molar-refractivity contribution in [1.29, 1.82) is 0 Å². The van der Waals surface area contributed by atoms with Gasteiger partial charge in [-0.3, -0.25) is 9.97 Å². The molecule has 0 spiro atoms. The summed E-state index contributed by atoms with van der Waals surface area (Å²) < 4.78 is 5.62. The maximum atomic E-state index is 5.62. The van der Waals surface area contributed by atoms with E-state index in [1.165, 1.54) is 0 Å². The molecule has 0 aliphatic heterocycles. The lowest BCUT2D eigenvalue weighted by molar-refractivity contribution is 0.123. The summed E-state index contributed by atoms with van der Waals surface area (Å²) in [5.41, 5.74) is 8.18. The Morgan fingerprint density at radius 3 is 2.74 bits per heavy atom. The molecule has 0 amide bonds. The van der Waals surface area contributed by atoms with Crippen LogP contribution in [0.25, 0.3) is 0 Å². The molecule has 0 atom stereocenters. The van der Waals surface area contributed by atoms with E-state index in [0.29, 0.717) is 23.9 Å². The van der Waals surface area contributed by atoms with Crippen LogP contribution in [0.1, 0.15) is 17.0 Å². The molecule has 2 rings (SSSR count). The lowest BCUT2D eigenvalue weighted by Crippen LogP contribution is -2.15. The van der Waals surface area contributed by atoms with E-state index >= 15 is 0 Å². The van der Waals surface area contributed by atoms with Crippen LogP contribution in [0.4, 0.5) is 0 Å². The van der Waals surface area contributed by atoms with Gasteiger partial charge in [0.15, 0.2) is 0 Å². The van der Waals surface area contributed by atoms with Gasteiger partial charge in [-0.2, -0.15) is 0 Å². The Hall–Kier alpha value is -1.85. The molecule has 2 aromatic heterocycles. The summed E-state index contributed by atoms with van der Waals surface area (Å²) in [6.45, 7) is 1.05. The van der Waals surface area contributed by atoms with Crippen molar-refractivity contribution in [3.63, 3.8) is 0 Å². The van der Waals surface area contributed by atoms with Crippen LogP contribution in [0.3, 0.4) is 0 Å². The number of hydrogen-bond donors (Lipinski definition) is 1. The first-order chi connectivity index (χ1) is 9.27. The quantitative estimate of drug-likeness (QED) is 0.643.